The number of likely N-dealkylation sites (N-methyl/N-ethyl adjacent to an activating group) is 1. The minimum Gasteiger partial charge on any atom is -0.352 e. The number of aromatic amines is 1. The van der Waals surface area contributed by atoms with Gasteiger partial charge in [-0.05, 0) is 56.9 Å². The van der Waals surface area contributed by atoms with Crippen molar-refractivity contribution < 1.29 is 9.59 Å². The van der Waals surface area contributed by atoms with Crippen molar-refractivity contribution in [1.82, 2.24) is 14.9 Å². The zero-order chi connectivity index (χ0) is 21.5. The Labute approximate surface area is 179 Å². The number of ketones is 2. The lowest BCUT2D eigenvalue weighted by Crippen LogP contribution is -2.29. The van der Waals surface area contributed by atoms with Crippen LogP contribution in [0.1, 0.15) is 27.3 Å². The Morgan fingerprint density at radius 2 is 1.97 bits per heavy atom. The number of rotatable bonds is 6. The molecule has 0 amide bonds. The Balaban J connectivity index is 1.69. The highest BCUT2D eigenvalue weighted by Crippen LogP contribution is 2.42. The molecule has 1 atom stereocenters. The van der Waals surface area contributed by atoms with Crippen molar-refractivity contribution in [2.45, 2.75) is 11.9 Å². The highest BCUT2D eigenvalue weighted by Gasteiger charge is 2.39. The van der Waals surface area contributed by atoms with Gasteiger partial charge in [0.2, 0.25) is 5.78 Å². The summed E-state index contributed by atoms with van der Waals surface area (Å²) in [5.41, 5.74) is 3.64. The molecule has 1 aliphatic rings. The molecule has 7 heteroatoms. The summed E-state index contributed by atoms with van der Waals surface area (Å²) < 4.78 is 0. The number of benzene rings is 1. The van der Waals surface area contributed by atoms with E-state index in [-0.39, 0.29) is 18.1 Å². The molecule has 0 fully saturated rings. The van der Waals surface area contributed by atoms with Crippen molar-refractivity contribution in [2.24, 2.45) is 4.99 Å². The zero-order valence-electron chi connectivity index (χ0n) is 16.9. The van der Waals surface area contributed by atoms with Gasteiger partial charge in [-0.3, -0.25) is 19.6 Å². The van der Waals surface area contributed by atoms with Crippen LogP contribution in [0.2, 0.25) is 0 Å². The summed E-state index contributed by atoms with van der Waals surface area (Å²) in [7, 11) is 3.66. The number of H-pyrrole nitrogens is 1. The Bertz CT molecular complexity index is 1220. The van der Waals surface area contributed by atoms with Crippen LogP contribution in [0, 0.1) is 6.92 Å². The molecule has 0 aliphatic carbocycles. The van der Waals surface area contributed by atoms with Crippen molar-refractivity contribution in [1.29, 1.82) is 0 Å². The molecule has 0 bridgehead atoms. The number of alkyl halides is 1. The molecule has 0 saturated carbocycles. The van der Waals surface area contributed by atoms with Crippen LogP contribution in [-0.4, -0.2) is 53.3 Å². The highest BCUT2D eigenvalue weighted by atomic mass is 35.5. The number of allylic oxidation sites excluding steroid dienone is 1. The van der Waals surface area contributed by atoms with Crippen LogP contribution in [0.4, 0.5) is 0 Å². The molecule has 0 saturated heterocycles. The number of carbonyl (C=O) groups is 2. The van der Waals surface area contributed by atoms with Gasteiger partial charge in [0.15, 0.2) is 10.8 Å². The maximum Gasteiger partial charge on any atom is 0.227 e. The summed E-state index contributed by atoms with van der Waals surface area (Å²) in [5, 5.41) is 0.863. The molecule has 4 rings (SSSR count). The summed E-state index contributed by atoms with van der Waals surface area (Å²) in [5.74, 6) is -0.266. The summed E-state index contributed by atoms with van der Waals surface area (Å²) in [6, 6.07) is 10.9. The number of aliphatic imine (C=N–C) groups is 1. The molecule has 30 heavy (non-hydrogen) atoms. The number of nitrogens with zero attached hydrogens (tertiary/aromatic N) is 3. The molecular formula is C23H21ClN4O2. The van der Waals surface area contributed by atoms with E-state index in [0.29, 0.717) is 22.5 Å². The van der Waals surface area contributed by atoms with Gasteiger partial charge in [0, 0.05) is 34.5 Å². The lowest BCUT2D eigenvalue weighted by atomic mass is 9.95. The van der Waals surface area contributed by atoms with E-state index >= 15 is 0 Å². The number of fused-ring (bicyclic) bond motifs is 1. The van der Waals surface area contributed by atoms with Crippen molar-refractivity contribution in [2.75, 3.05) is 20.6 Å². The molecule has 1 unspecified atom stereocenters. The third-order valence-electron chi connectivity index (χ3n) is 5.01. The van der Waals surface area contributed by atoms with E-state index in [0.717, 1.165) is 16.5 Å². The lowest BCUT2D eigenvalue weighted by Gasteiger charge is -2.23. The SMILES string of the molecule is Cc1ccnc(C(=O)c2cc3ccc(C4(Cl)N=CC=C4C(=O)CN(C)C)cc3[nH]2)c1. The Morgan fingerprint density at radius 1 is 1.17 bits per heavy atom. The molecule has 2 aromatic heterocycles. The topological polar surface area (TPSA) is 78.4 Å². The first-order chi connectivity index (χ1) is 14.3. The van der Waals surface area contributed by atoms with E-state index in [1.54, 1.807) is 35.5 Å². The Morgan fingerprint density at radius 3 is 2.70 bits per heavy atom. The molecular weight excluding hydrogens is 400 g/mol. The summed E-state index contributed by atoms with van der Waals surface area (Å²) in [4.78, 5) is 37.7. The monoisotopic (exact) mass is 420 g/mol. The fourth-order valence-electron chi connectivity index (χ4n) is 3.53. The van der Waals surface area contributed by atoms with Crippen molar-refractivity contribution >= 4 is 40.3 Å². The second kappa shape index (κ2) is 7.63. The van der Waals surface area contributed by atoms with Gasteiger partial charge in [-0.2, -0.15) is 0 Å². The minimum absolute atomic E-state index is 0.0829. The first-order valence-electron chi connectivity index (χ1n) is 9.51. The van der Waals surface area contributed by atoms with Gasteiger partial charge in [-0.15, -0.1) is 0 Å². The van der Waals surface area contributed by atoms with Crippen LogP contribution < -0.4 is 0 Å². The molecule has 152 valence electrons. The number of aryl methyl sites for hydroxylation is 1. The van der Waals surface area contributed by atoms with Crippen LogP contribution in [0.25, 0.3) is 10.9 Å². The van der Waals surface area contributed by atoms with Crippen LogP contribution in [0.3, 0.4) is 0 Å². The van der Waals surface area contributed by atoms with Gasteiger partial charge in [-0.25, -0.2) is 0 Å². The summed E-state index contributed by atoms with van der Waals surface area (Å²) in [6.07, 6.45) is 4.85. The number of hydrogen-bond acceptors (Lipinski definition) is 5. The Kier molecular flexibility index (Phi) is 5.13. The van der Waals surface area contributed by atoms with Gasteiger partial charge in [0.25, 0.3) is 0 Å². The standard InChI is InChI=1S/C23H21ClN4O2/c1-14-6-8-25-19(10-14)22(30)20-11-15-4-5-16(12-18(15)27-20)23(24)17(7-9-26-23)21(29)13-28(2)3/h4-12,27H,13H2,1-3H3. The number of nitrogens with one attached hydrogen (secondary N) is 1. The average Bonchev–Trinajstić information content (AvgIpc) is 3.30. The quantitative estimate of drug-likeness (QED) is 0.375. The van der Waals surface area contributed by atoms with Crippen molar-refractivity contribution in [3.63, 3.8) is 0 Å². The van der Waals surface area contributed by atoms with E-state index in [4.69, 9.17) is 11.6 Å². The molecule has 0 radical (unpaired) electrons. The first-order valence-corrected chi connectivity index (χ1v) is 9.89. The van der Waals surface area contributed by atoms with E-state index < -0.39 is 5.00 Å². The third kappa shape index (κ3) is 3.60. The number of halogens is 1. The van der Waals surface area contributed by atoms with E-state index in [2.05, 4.69) is 15.0 Å². The minimum atomic E-state index is -1.27. The van der Waals surface area contributed by atoms with E-state index in [1.807, 2.05) is 45.3 Å². The first kappa shape index (κ1) is 20.2. The Hall–Kier alpha value is -3.09. The summed E-state index contributed by atoms with van der Waals surface area (Å²) in [6.45, 7) is 2.16. The predicted octanol–water partition coefficient (Wildman–Crippen LogP) is 3.64. The van der Waals surface area contributed by atoms with Crippen LogP contribution >= 0.6 is 11.6 Å². The van der Waals surface area contributed by atoms with Crippen molar-refractivity contribution in [3.05, 3.63) is 76.8 Å². The number of carbonyl (C=O) groups excluding carboxylic acids is 2. The maximum absolute atomic E-state index is 12.8. The van der Waals surface area contributed by atoms with Crippen molar-refractivity contribution in [3.8, 4) is 0 Å². The number of aromatic nitrogens is 2. The highest BCUT2D eigenvalue weighted by molar-refractivity contribution is 6.31. The molecule has 1 aromatic carbocycles. The number of Topliss-reactive ketones (excluding diaryl/α,β-unsaturated/α-hetero) is 1. The molecule has 6 nitrogen and oxygen atoms in total. The molecule has 3 heterocycles. The molecule has 1 N–H and O–H groups in total. The third-order valence-corrected chi connectivity index (χ3v) is 5.53. The van der Waals surface area contributed by atoms with Crippen LogP contribution in [0.5, 0.6) is 0 Å². The predicted molar refractivity (Wildman–Crippen MR) is 118 cm³/mol. The van der Waals surface area contributed by atoms with Gasteiger partial charge in [0.05, 0.1) is 12.2 Å². The van der Waals surface area contributed by atoms with Gasteiger partial charge in [0.1, 0.15) is 5.69 Å². The van der Waals surface area contributed by atoms with E-state index in [9.17, 15) is 9.59 Å². The largest absolute Gasteiger partial charge is 0.352 e. The van der Waals surface area contributed by atoms with Crippen LogP contribution in [0.15, 0.2) is 59.2 Å². The van der Waals surface area contributed by atoms with Gasteiger partial charge in [-0.1, -0.05) is 23.7 Å². The second-order valence-corrected chi connectivity index (χ2v) is 8.22. The maximum atomic E-state index is 12.8. The fraction of sp³-hybridized carbons (Fsp3) is 0.217. The smallest absolute Gasteiger partial charge is 0.227 e. The summed E-state index contributed by atoms with van der Waals surface area (Å²) >= 11 is 6.83. The zero-order valence-corrected chi connectivity index (χ0v) is 17.7. The lowest BCUT2D eigenvalue weighted by molar-refractivity contribution is -0.116. The second-order valence-electron chi connectivity index (χ2n) is 7.67. The number of hydrogen-bond donors (Lipinski definition) is 1. The van der Waals surface area contributed by atoms with Gasteiger partial charge >= 0.3 is 0 Å². The molecule has 3 aromatic rings. The van der Waals surface area contributed by atoms with Crippen LogP contribution in [-0.2, 0) is 9.79 Å². The van der Waals surface area contributed by atoms with Gasteiger partial charge < -0.3 is 9.88 Å². The number of pyridine rings is 1. The molecule has 1 aliphatic heterocycles. The van der Waals surface area contributed by atoms with E-state index in [1.165, 1.54) is 0 Å². The average molecular weight is 421 g/mol. The fourth-order valence-corrected chi connectivity index (χ4v) is 3.87. The normalized spacial score (nSPS) is 18.2. The molecule has 0 spiro atoms.